The lowest BCUT2D eigenvalue weighted by Crippen LogP contribution is -2.01. The summed E-state index contributed by atoms with van der Waals surface area (Å²) in [5, 5.41) is 2.88. The van der Waals surface area contributed by atoms with Crippen LogP contribution in [0, 0.1) is 22.7 Å². The van der Waals surface area contributed by atoms with Crippen molar-refractivity contribution in [3.8, 4) is 0 Å². The number of nitroso groups, excluding NO2 is 1. The molecule has 0 spiro atoms. The molecule has 2 heteroatoms. The molecule has 0 N–H and O–H groups in total. The summed E-state index contributed by atoms with van der Waals surface area (Å²) in [6, 6.07) is 0. The van der Waals surface area contributed by atoms with Crippen LogP contribution in [-0.4, -0.2) is 6.54 Å². The van der Waals surface area contributed by atoms with Gasteiger partial charge in [0.05, 0.1) is 6.54 Å². The van der Waals surface area contributed by atoms with Crippen molar-refractivity contribution in [1.29, 1.82) is 0 Å². The Balaban J connectivity index is 2.18. The van der Waals surface area contributed by atoms with Crippen LogP contribution < -0.4 is 0 Å². The van der Waals surface area contributed by atoms with Gasteiger partial charge in [-0.3, -0.25) is 0 Å². The summed E-state index contributed by atoms with van der Waals surface area (Å²) in [5.41, 5.74) is 0. The maximum Gasteiger partial charge on any atom is 0.0839 e. The van der Waals surface area contributed by atoms with E-state index in [1.807, 2.05) is 0 Å². The van der Waals surface area contributed by atoms with E-state index in [1.165, 1.54) is 6.42 Å². The molecule has 1 rings (SSSR count). The Kier molecular flexibility index (Phi) is 1.84. The summed E-state index contributed by atoms with van der Waals surface area (Å²) < 4.78 is 0. The van der Waals surface area contributed by atoms with Gasteiger partial charge in [-0.15, -0.1) is 0 Å². The summed E-state index contributed by atoms with van der Waals surface area (Å²) in [5.74, 6) is 2.17. The van der Waals surface area contributed by atoms with Crippen LogP contribution in [0.3, 0.4) is 0 Å². The molecule has 1 aliphatic rings. The second-order valence-corrected chi connectivity index (χ2v) is 3.17. The van der Waals surface area contributed by atoms with Crippen LogP contribution in [0.2, 0.25) is 0 Å². The molecule has 1 saturated carbocycles. The molecule has 52 valence electrons. The van der Waals surface area contributed by atoms with Gasteiger partial charge < -0.3 is 0 Å². The van der Waals surface area contributed by atoms with Gasteiger partial charge in [0, 0.05) is 0 Å². The summed E-state index contributed by atoms with van der Waals surface area (Å²) >= 11 is 0. The Labute approximate surface area is 55.6 Å². The normalized spacial score (nSPS) is 35.8. The highest BCUT2D eigenvalue weighted by molar-refractivity contribution is 4.86. The van der Waals surface area contributed by atoms with E-state index in [9.17, 15) is 4.91 Å². The van der Waals surface area contributed by atoms with E-state index in [-0.39, 0.29) is 0 Å². The van der Waals surface area contributed by atoms with Crippen LogP contribution in [0.1, 0.15) is 20.3 Å². The van der Waals surface area contributed by atoms with E-state index < -0.39 is 0 Å². The van der Waals surface area contributed by atoms with Crippen molar-refractivity contribution in [2.75, 3.05) is 6.54 Å². The van der Waals surface area contributed by atoms with Crippen LogP contribution in [0.4, 0.5) is 0 Å². The molecule has 0 aliphatic heterocycles. The molecule has 9 heavy (non-hydrogen) atoms. The first-order chi connectivity index (χ1) is 4.25. The smallest absolute Gasteiger partial charge is 0.0839 e. The van der Waals surface area contributed by atoms with Gasteiger partial charge in [0.15, 0.2) is 0 Å². The molecule has 0 heterocycles. The molecule has 3 atom stereocenters. The first kappa shape index (κ1) is 6.72. The first-order valence-corrected chi connectivity index (χ1v) is 3.54. The van der Waals surface area contributed by atoms with E-state index in [2.05, 4.69) is 19.0 Å². The Morgan fingerprint density at radius 2 is 2.33 bits per heavy atom. The van der Waals surface area contributed by atoms with E-state index in [0.29, 0.717) is 12.5 Å². The topological polar surface area (TPSA) is 29.4 Å². The Hall–Kier alpha value is -0.400. The minimum absolute atomic E-state index is 0.509. The zero-order valence-electron chi connectivity index (χ0n) is 6.00. The molecule has 0 saturated heterocycles. The number of rotatable bonds is 3. The molecule has 0 aromatic rings. The average molecular weight is 127 g/mol. The molecule has 0 radical (unpaired) electrons. The van der Waals surface area contributed by atoms with E-state index in [1.54, 1.807) is 0 Å². The standard InChI is InChI=1S/C7H13NO/c1-5-3-7(5)6(2)4-8-9/h5-7H,3-4H2,1-2H3/t5-,6?,7?/m0/s1. The maximum atomic E-state index is 9.80. The fourth-order valence-corrected chi connectivity index (χ4v) is 1.40. The largest absolute Gasteiger partial charge is 0.151 e. The molecular formula is C7H13NO. The van der Waals surface area contributed by atoms with Crippen LogP contribution in [-0.2, 0) is 0 Å². The zero-order valence-corrected chi connectivity index (χ0v) is 6.00. The highest BCUT2D eigenvalue weighted by Gasteiger charge is 2.36. The minimum atomic E-state index is 0.509. The Bertz CT molecular complexity index is 113. The second kappa shape index (κ2) is 2.46. The van der Waals surface area contributed by atoms with Crippen molar-refractivity contribution in [3.05, 3.63) is 4.91 Å². The Morgan fingerprint density at radius 3 is 2.67 bits per heavy atom. The van der Waals surface area contributed by atoms with Gasteiger partial charge in [0.2, 0.25) is 0 Å². The van der Waals surface area contributed by atoms with Gasteiger partial charge in [-0.1, -0.05) is 19.0 Å². The molecule has 0 bridgehead atoms. The number of hydrogen-bond donors (Lipinski definition) is 0. The molecule has 1 fully saturated rings. The van der Waals surface area contributed by atoms with Gasteiger partial charge in [0.25, 0.3) is 0 Å². The summed E-state index contributed by atoms with van der Waals surface area (Å²) in [6.45, 7) is 4.84. The van der Waals surface area contributed by atoms with Crippen molar-refractivity contribution in [1.82, 2.24) is 0 Å². The van der Waals surface area contributed by atoms with Crippen molar-refractivity contribution < 1.29 is 0 Å². The van der Waals surface area contributed by atoms with Crippen LogP contribution >= 0.6 is 0 Å². The molecule has 0 aromatic carbocycles. The molecule has 0 amide bonds. The van der Waals surface area contributed by atoms with E-state index in [0.717, 1.165) is 11.8 Å². The van der Waals surface area contributed by atoms with Gasteiger partial charge in [0.1, 0.15) is 0 Å². The van der Waals surface area contributed by atoms with Crippen molar-refractivity contribution in [2.45, 2.75) is 20.3 Å². The average Bonchev–Trinajstić information content (AvgIpc) is 2.47. The first-order valence-electron chi connectivity index (χ1n) is 3.54. The third kappa shape index (κ3) is 1.50. The lowest BCUT2D eigenvalue weighted by atomic mass is 10.1. The predicted octanol–water partition coefficient (Wildman–Crippen LogP) is 2.04. The number of nitrogens with zero attached hydrogens (tertiary/aromatic N) is 1. The zero-order chi connectivity index (χ0) is 6.85. The summed E-state index contributed by atoms with van der Waals surface area (Å²) in [7, 11) is 0. The van der Waals surface area contributed by atoms with Gasteiger partial charge in [-0.25, -0.2) is 0 Å². The lowest BCUT2D eigenvalue weighted by molar-refractivity contribution is 0.494. The SMILES string of the molecule is CC(CN=O)C1C[C@@H]1C. The fourth-order valence-electron chi connectivity index (χ4n) is 1.40. The van der Waals surface area contributed by atoms with Crippen molar-refractivity contribution >= 4 is 0 Å². The van der Waals surface area contributed by atoms with Crippen LogP contribution in [0.15, 0.2) is 5.18 Å². The third-order valence-electron chi connectivity index (χ3n) is 2.27. The summed E-state index contributed by atoms with van der Waals surface area (Å²) in [4.78, 5) is 9.80. The maximum absolute atomic E-state index is 9.80. The quantitative estimate of drug-likeness (QED) is 0.533. The van der Waals surface area contributed by atoms with Crippen LogP contribution in [0.5, 0.6) is 0 Å². The van der Waals surface area contributed by atoms with Crippen LogP contribution in [0.25, 0.3) is 0 Å². The van der Waals surface area contributed by atoms with E-state index in [4.69, 9.17) is 0 Å². The second-order valence-electron chi connectivity index (χ2n) is 3.17. The molecular weight excluding hydrogens is 114 g/mol. The van der Waals surface area contributed by atoms with E-state index >= 15 is 0 Å². The monoisotopic (exact) mass is 127 g/mol. The van der Waals surface area contributed by atoms with Gasteiger partial charge in [-0.2, -0.15) is 4.91 Å². The van der Waals surface area contributed by atoms with Gasteiger partial charge in [-0.05, 0) is 24.2 Å². The highest BCUT2D eigenvalue weighted by Crippen LogP contribution is 2.43. The molecule has 0 aromatic heterocycles. The van der Waals surface area contributed by atoms with Crippen molar-refractivity contribution in [2.24, 2.45) is 22.9 Å². The number of hydrogen-bond acceptors (Lipinski definition) is 2. The lowest BCUT2D eigenvalue weighted by Gasteiger charge is -2.01. The molecule has 1 aliphatic carbocycles. The fraction of sp³-hybridized carbons (Fsp3) is 1.00. The molecule has 2 nitrogen and oxygen atoms in total. The molecule has 2 unspecified atom stereocenters. The van der Waals surface area contributed by atoms with Crippen molar-refractivity contribution in [3.63, 3.8) is 0 Å². The highest BCUT2D eigenvalue weighted by atomic mass is 16.3. The third-order valence-corrected chi connectivity index (χ3v) is 2.27. The predicted molar refractivity (Wildman–Crippen MR) is 37.1 cm³/mol. The Morgan fingerprint density at radius 1 is 1.78 bits per heavy atom. The van der Waals surface area contributed by atoms with Gasteiger partial charge >= 0.3 is 0 Å². The minimum Gasteiger partial charge on any atom is -0.151 e. The summed E-state index contributed by atoms with van der Waals surface area (Å²) in [6.07, 6.45) is 1.30.